The zero-order chi connectivity index (χ0) is 6.41. The van der Waals surface area contributed by atoms with Crippen LogP contribution in [0.4, 0.5) is 4.39 Å². The summed E-state index contributed by atoms with van der Waals surface area (Å²) in [7, 11) is 0. The van der Waals surface area contributed by atoms with Crippen LogP contribution in [0.5, 0.6) is 0 Å². The summed E-state index contributed by atoms with van der Waals surface area (Å²) in [5.74, 6) is 4.84. The SMILES string of the molecule is NNC(=S)NCCF. The van der Waals surface area contributed by atoms with Crippen LogP contribution in [0, 0.1) is 0 Å². The monoisotopic (exact) mass is 137 g/mol. The largest absolute Gasteiger partial charge is 0.359 e. The fraction of sp³-hybridized carbons (Fsp3) is 0.667. The molecule has 0 rings (SSSR count). The Morgan fingerprint density at radius 3 is 2.75 bits per heavy atom. The van der Waals surface area contributed by atoms with E-state index in [9.17, 15) is 4.39 Å². The highest BCUT2D eigenvalue weighted by Crippen LogP contribution is 1.63. The summed E-state index contributed by atoms with van der Waals surface area (Å²) in [6.45, 7) is -0.231. The molecule has 0 aromatic carbocycles. The molecule has 48 valence electrons. The van der Waals surface area contributed by atoms with Gasteiger partial charge in [0.2, 0.25) is 0 Å². The number of alkyl halides is 1. The average molecular weight is 137 g/mol. The van der Waals surface area contributed by atoms with E-state index in [1.807, 2.05) is 0 Å². The molecular formula is C3H8FN3S. The van der Waals surface area contributed by atoms with E-state index in [-0.39, 0.29) is 11.7 Å². The van der Waals surface area contributed by atoms with Crippen molar-refractivity contribution < 1.29 is 4.39 Å². The van der Waals surface area contributed by atoms with E-state index in [4.69, 9.17) is 5.84 Å². The zero-order valence-electron chi connectivity index (χ0n) is 4.28. The minimum absolute atomic E-state index is 0.211. The van der Waals surface area contributed by atoms with Crippen molar-refractivity contribution in [2.75, 3.05) is 13.2 Å². The predicted molar refractivity (Wildman–Crippen MR) is 33.9 cm³/mol. The van der Waals surface area contributed by atoms with E-state index < -0.39 is 6.67 Å². The van der Waals surface area contributed by atoms with Gasteiger partial charge in [0.15, 0.2) is 5.11 Å². The lowest BCUT2D eigenvalue weighted by Crippen LogP contribution is -2.40. The Bertz CT molecular complexity index is 76.9. The Labute approximate surface area is 52.4 Å². The van der Waals surface area contributed by atoms with E-state index in [2.05, 4.69) is 23.0 Å². The molecule has 4 N–H and O–H groups in total. The first-order valence-electron chi connectivity index (χ1n) is 2.11. The van der Waals surface area contributed by atoms with Crippen molar-refractivity contribution in [1.29, 1.82) is 0 Å². The number of hydrazine groups is 1. The van der Waals surface area contributed by atoms with E-state index in [1.54, 1.807) is 0 Å². The molecule has 0 radical (unpaired) electrons. The number of nitrogens with two attached hydrogens (primary N) is 1. The summed E-state index contributed by atoms with van der Waals surface area (Å²) in [6, 6.07) is 0. The van der Waals surface area contributed by atoms with Crippen LogP contribution >= 0.6 is 12.2 Å². The molecule has 0 saturated carbocycles. The van der Waals surface area contributed by atoms with Crippen LogP contribution in [-0.2, 0) is 0 Å². The lowest BCUT2D eigenvalue weighted by molar-refractivity contribution is 0.490. The van der Waals surface area contributed by atoms with Crippen molar-refractivity contribution in [2.45, 2.75) is 0 Å². The van der Waals surface area contributed by atoms with Gasteiger partial charge < -0.3 is 10.7 Å². The summed E-state index contributed by atoms with van der Waals surface area (Å²) in [4.78, 5) is 0. The van der Waals surface area contributed by atoms with Gasteiger partial charge in [-0.2, -0.15) is 0 Å². The number of hydrogen-bond donors (Lipinski definition) is 3. The lowest BCUT2D eigenvalue weighted by Gasteiger charge is -2.01. The maximum absolute atomic E-state index is 11.3. The highest BCUT2D eigenvalue weighted by atomic mass is 32.1. The second-order valence-electron chi connectivity index (χ2n) is 1.09. The van der Waals surface area contributed by atoms with Crippen molar-refractivity contribution in [1.82, 2.24) is 10.7 Å². The third-order valence-electron chi connectivity index (χ3n) is 0.511. The van der Waals surface area contributed by atoms with Gasteiger partial charge >= 0.3 is 0 Å². The van der Waals surface area contributed by atoms with E-state index in [0.29, 0.717) is 0 Å². The molecule has 5 heteroatoms. The number of thiocarbonyl (C=S) groups is 1. The molecule has 0 bridgehead atoms. The van der Waals surface area contributed by atoms with Gasteiger partial charge in [-0.3, -0.25) is 0 Å². The van der Waals surface area contributed by atoms with Crippen LogP contribution < -0.4 is 16.6 Å². The second-order valence-corrected chi connectivity index (χ2v) is 1.50. The smallest absolute Gasteiger partial charge is 0.180 e. The maximum Gasteiger partial charge on any atom is 0.180 e. The molecule has 3 nitrogen and oxygen atoms in total. The Kier molecular flexibility index (Phi) is 4.48. The lowest BCUT2D eigenvalue weighted by atomic mass is 10.7. The first kappa shape index (κ1) is 7.58. The van der Waals surface area contributed by atoms with Gasteiger partial charge in [0.1, 0.15) is 6.67 Å². The maximum atomic E-state index is 11.3. The minimum Gasteiger partial charge on any atom is -0.359 e. The molecule has 0 amide bonds. The highest BCUT2D eigenvalue weighted by molar-refractivity contribution is 7.80. The van der Waals surface area contributed by atoms with Crippen LogP contribution in [0.15, 0.2) is 0 Å². The Morgan fingerprint density at radius 1 is 1.75 bits per heavy atom. The van der Waals surface area contributed by atoms with Gasteiger partial charge in [-0.25, -0.2) is 10.2 Å². The van der Waals surface area contributed by atoms with Crippen LogP contribution in [0.2, 0.25) is 0 Å². The summed E-state index contributed by atoms with van der Waals surface area (Å²) >= 11 is 4.51. The van der Waals surface area contributed by atoms with Crippen molar-refractivity contribution in [3.05, 3.63) is 0 Å². The molecule has 0 spiro atoms. The Hall–Kier alpha value is -0.420. The molecule has 0 fully saturated rings. The second kappa shape index (κ2) is 4.73. The summed E-state index contributed by atoms with van der Waals surface area (Å²) in [5.41, 5.74) is 2.15. The number of nitrogens with one attached hydrogen (secondary N) is 2. The number of rotatable bonds is 2. The molecule has 0 aromatic rings. The molecule has 0 aromatic heterocycles. The molecule has 0 aliphatic rings. The van der Waals surface area contributed by atoms with Crippen LogP contribution in [0.1, 0.15) is 0 Å². The van der Waals surface area contributed by atoms with Crippen molar-refractivity contribution in [2.24, 2.45) is 5.84 Å². The van der Waals surface area contributed by atoms with Crippen molar-refractivity contribution in [3.63, 3.8) is 0 Å². The van der Waals surface area contributed by atoms with E-state index in [1.165, 1.54) is 0 Å². The molecule has 8 heavy (non-hydrogen) atoms. The zero-order valence-corrected chi connectivity index (χ0v) is 5.09. The first-order valence-corrected chi connectivity index (χ1v) is 2.52. The fourth-order valence-electron chi connectivity index (χ4n) is 0.212. The topological polar surface area (TPSA) is 50.1 Å². The van der Waals surface area contributed by atoms with Gasteiger partial charge in [-0.05, 0) is 12.2 Å². The minimum atomic E-state index is -0.443. The number of halogens is 1. The summed E-state index contributed by atoms with van der Waals surface area (Å²) < 4.78 is 11.3. The van der Waals surface area contributed by atoms with Gasteiger partial charge in [0, 0.05) is 6.54 Å². The van der Waals surface area contributed by atoms with E-state index in [0.717, 1.165) is 0 Å². The molecule has 0 atom stereocenters. The average Bonchev–Trinajstić information content (AvgIpc) is 1.83. The first-order chi connectivity index (χ1) is 3.81. The molecule has 0 aliphatic heterocycles. The molecule has 0 saturated heterocycles. The van der Waals surface area contributed by atoms with Crippen LogP contribution in [0.25, 0.3) is 0 Å². The Balaban J connectivity index is 2.99. The predicted octanol–water partition coefficient (Wildman–Crippen LogP) is -0.706. The van der Waals surface area contributed by atoms with Gasteiger partial charge in [0.25, 0.3) is 0 Å². The quantitative estimate of drug-likeness (QED) is 0.267. The normalized spacial score (nSPS) is 8.25. The fourth-order valence-corrected chi connectivity index (χ4v) is 0.314. The number of hydrogen-bond acceptors (Lipinski definition) is 2. The molecule has 0 aliphatic carbocycles. The standard InChI is InChI=1S/C3H8FN3S/c4-1-2-6-3(8)7-5/h1-2,5H2,(H2,6,7,8). The molecule has 0 unspecified atom stereocenters. The van der Waals surface area contributed by atoms with E-state index >= 15 is 0 Å². The van der Waals surface area contributed by atoms with Gasteiger partial charge in [-0.1, -0.05) is 0 Å². The highest BCUT2D eigenvalue weighted by Gasteiger charge is 1.86. The Morgan fingerprint density at radius 2 is 2.38 bits per heavy atom. The summed E-state index contributed by atoms with van der Waals surface area (Å²) in [5, 5.41) is 2.77. The van der Waals surface area contributed by atoms with Crippen LogP contribution in [0.3, 0.4) is 0 Å². The molecular weight excluding hydrogens is 129 g/mol. The van der Waals surface area contributed by atoms with Gasteiger partial charge in [0.05, 0.1) is 0 Å². The van der Waals surface area contributed by atoms with Gasteiger partial charge in [-0.15, -0.1) is 0 Å². The third kappa shape index (κ3) is 3.76. The van der Waals surface area contributed by atoms with Crippen molar-refractivity contribution >= 4 is 17.3 Å². The third-order valence-corrected chi connectivity index (χ3v) is 0.773. The van der Waals surface area contributed by atoms with Crippen LogP contribution in [-0.4, -0.2) is 18.3 Å². The summed E-state index contributed by atoms with van der Waals surface area (Å²) in [6.07, 6.45) is 0. The van der Waals surface area contributed by atoms with Crippen molar-refractivity contribution in [3.8, 4) is 0 Å². The molecule has 0 heterocycles.